The number of pyridine rings is 1. The van der Waals surface area contributed by atoms with Gasteiger partial charge in [0.2, 0.25) is 5.91 Å². The van der Waals surface area contributed by atoms with Gasteiger partial charge in [-0.2, -0.15) is 0 Å². The number of hydrogen-bond acceptors (Lipinski definition) is 5. The van der Waals surface area contributed by atoms with Crippen LogP contribution in [0.2, 0.25) is 0 Å². The smallest absolute Gasteiger partial charge is 0.258 e. The monoisotopic (exact) mass is 291 g/mol. The third-order valence-corrected chi connectivity index (χ3v) is 3.65. The van der Waals surface area contributed by atoms with E-state index in [0.29, 0.717) is 13.2 Å². The molecule has 7 nitrogen and oxygen atoms in total. The summed E-state index contributed by atoms with van der Waals surface area (Å²) in [7, 11) is 0. The van der Waals surface area contributed by atoms with Gasteiger partial charge in [0.15, 0.2) is 0 Å². The lowest BCUT2D eigenvalue weighted by atomic mass is 10.1. The van der Waals surface area contributed by atoms with Crippen molar-refractivity contribution in [2.24, 2.45) is 0 Å². The number of aromatic nitrogens is 1. The van der Waals surface area contributed by atoms with Crippen molar-refractivity contribution in [3.63, 3.8) is 0 Å². The Labute approximate surface area is 121 Å². The Balaban J connectivity index is 1.78. The van der Waals surface area contributed by atoms with Crippen molar-refractivity contribution in [1.82, 2.24) is 15.2 Å². The first-order valence-electron chi connectivity index (χ1n) is 6.99. The number of carbonyl (C=O) groups is 2. The second kappa shape index (κ2) is 5.69. The van der Waals surface area contributed by atoms with Crippen molar-refractivity contribution < 1.29 is 19.4 Å². The first-order valence-corrected chi connectivity index (χ1v) is 6.99. The molecule has 3 rings (SSSR count). The number of morpholine rings is 1. The first kappa shape index (κ1) is 13.8. The Morgan fingerprint density at radius 2 is 2.24 bits per heavy atom. The molecule has 2 heterocycles. The normalized spacial score (nSPS) is 21.9. The van der Waals surface area contributed by atoms with Crippen molar-refractivity contribution in [2.75, 3.05) is 19.8 Å². The van der Waals surface area contributed by atoms with Gasteiger partial charge in [0, 0.05) is 18.8 Å². The number of rotatable bonds is 3. The number of nitrogens with one attached hydrogen (secondary N) is 1. The number of hydrogen-bond donors (Lipinski definition) is 2. The molecule has 1 saturated carbocycles. The summed E-state index contributed by atoms with van der Waals surface area (Å²) in [5.74, 6) is -0.761. The average Bonchev–Trinajstić information content (AvgIpc) is 3.31. The Kier molecular flexibility index (Phi) is 3.74. The van der Waals surface area contributed by atoms with Crippen LogP contribution in [0.25, 0.3) is 0 Å². The third-order valence-electron chi connectivity index (χ3n) is 3.65. The zero-order valence-electron chi connectivity index (χ0n) is 11.5. The number of nitrogens with zero attached hydrogens (tertiary/aromatic N) is 2. The van der Waals surface area contributed by atoms with Gasteiger partial charge in [0.1, 0.15) is 11.8 Å². The molecular formula is C14H17N3O4. The Morgan fingerprint density at radius 1 is 1.43 bits per heavy atom. The average molecular weight is 291 g/mol. The van der Waals surface area contributed by atoms with Gasteiger partial charge in [-0.3, -0.25) is 14.6 Å². The number of aromatic hydroxyl groups is 1. The van der Waals surface area contributed by atoms with Crippen molar-refractivity contribution in [2.45, 2.75) is 24.9 Å². The minimum Gasteiger partial charge on any atom is -0.505 e. The summed E-state index contributed by atoms with van der Waals surface area (Å²) in [5, 5.41) is 12.6. The van der Waals surface area contributed by atoms with Crippen molar-refractivity contribution in [3.05, 3.63) is 24.0 Å². The molecule has 1 unspecified atom stereocenters. The van der Waals surface area contributed by atoms with Gasteiger partial charge in [0.25, 0.3) is 5.91 Å². The van der Waals surface area contributed by atoms with Crippen molar-refractivity contribution >= 4 is 11.8 Å². The van der Waals surface area contributed by atoms with Crippen LogP contribution in [0.1, 0.15) is 23.2 Å². The Hall–Kier alpha value is -2.15. The molecule has 1 saturated heterocycles. The largest absolute Gasteiger partial charge is 0.505 e. The van der Waals surface area contributed by atoms with Gasteiger partial charge in [-0.25, -0.2) is 0 Å². The summed E-state index contributed by atoms with van der Waals surface area (Å²) in [5.41, 5.74) is 0.149. The lowest BCUT2D eigenvalue weighted by Gasteiger charge is -2.34. The molecule has 7 heteroatoms. The Morgan fingerprint density at radius 3 is 2.95 bits per heavy atom. The van der Waals surface area contributed by atoms with Crippen LogP contribution in [0.3, 0.4) is 0 Å². The number of amides is 2. The zero-order chi connectivity index (χ0) is 14.8. The van der Waals surface area contributed by atoms with E-state index in [4.69, 9.17) is 4.74 Å². The highest BCUT2D eigenvalue weighted by molar-refractivity contribution is 5.99. The van der Waals surface area contributed by atoms with Crippen LogP contribution in [0.15, 0.2) is 18.5 Å². The van der Waals surface area contributed by atoms with E-state index in [2.05, 4.69) is 10.3 Å². The Bertz CT molecular complexity index is 559. The molecule has 0 spiro atoms. The molecule has 2 aliphatic rings. The summed E-state index contributed by atoms with van der Waals surface area (Å²) in [6.07, 6.45) is 4.62. The third kappa shape index (κ3) is 2.97. The summed E-state index contributed by atoms with van der Waals surface area (Å²) < 4.78 is 5.32. The van der Waals surface area contributed by atoms with Gasteiger partial charge < -0.3 is 20.1 Å². The fourth-order valence-electron chi connectivity index (χ4n) is 2.31. The van der Waals surface area contributed by atoms with E-state index >= 15 is 0 Å². The molecular weight excluding hydrogens is 274 g/mol. The lowest BCUT2D eigenvalue weighted by molar-refractivity contribution is -0.130. The molecule has 2 N–H and O–H groups in total. The number of ether oxygens (including phenoxy) is 1. The van der Waals surface area contributed by atoms with E-state index in [1.165, 1.54) is 23.4 Å². The highest BCUT2D eigenvalue weighted by atomic mass is 16.5. The van der Waals surface area contributed by atoms with Crippen LogP contribution in [0, 0.1) is 0 Å². The first-order chi connectivity index (χ1) is 10.2. The summed E-state index contributed by atoms with van der Waals surface area (Å²) in [6.45, 7) is 0.879. The SMILES string of the molecule is O=C(NC1CC1)C1COCCN1C(=O)c1ccncc1O. The molecule has 2 amide bonds. The van der Waals surface area contributed by atoms with Crippen molar-refractivity contribution in [1.29, 1.82) is 0 Å². The quantitative estimate of drug-likeness (QED) is 0.812. The minimum absolute atomic E-state index is 0.149. The molecule has 21 heavy (non-hydrogen) atoms. The fourth-order valence-corrected chi connectivity index (χ4v) is 2.31. The lowest BCUT2D eigenvalue weighted by Crippen LogP contribution is -2.56. The van der Waals surface area contributed by atoms with Crippen LogP contribution >= 0.6 is 0 Å². The summed E-state index contributed by atoms with van der Waals surface area (Å²) >= 11 is 0. The standard InChI is InChI=1S/C14H17N3O4/c18-12-7-15-4-3-10(12)14(20)17-5-6-21-8-11(17)13(19)16-9-1-2-9/h3-4,7,9,11,18H,1-2,5-6,8H2,(H,16,19). The molecule has 1 aliphatic heterocycles. The van der Waals surface area contributed by atoms with Crippen molar-refractivity contribution in [3.8, 4) is 5.75 Å². The number of carbonyl (C=O) groups excluding carboxylic acids is 2. The maximum absolute atomic E-state index is 12.5. The maximum atomic E-state index is 12.5. The fraction of sp³-hybridized carbons (Fsp3) is 0.500. The van der Waals surface area contributed by atoms with Crippen LogP contribution in [0.4, 0.5) is 0 Å². The van der Waals surface area contributed by atoms with Crippen LogP contribution < -0.4 is 5.32 Å². The summed E-state index contributed by atoms with van der Waals surface area (Å²) in [4.78, 5) is 30.0. The van der Waals surface area contributed by atoms with E-state index in [9.17, 15) is 14.7 Å². The predicted molar refractivity (Wildman–Crippen MR) is 72.7 cm³/mol. The van der Waals surface area contributed by atoms with Gasteiger partial charge in [-0.15, -0.1) is 0 Å². The highest BCUT2D eigenvalue weighted by Gasteiger charge is 2.36. The van der Waals surface area contributed by atoms with Crippen LogP contribution in [-0.4, -0.2) is 58.6 Å². The minimum atomic E-state index is -0.653. The van der Waals surface area contributed by atoms with Crippen LogP contribution in [-0.2, 0) is 9.53 Å². The molecule has 112 valence electrons. The maximum Gasteiger partial charge on any atom is 0.258 e. The van der Waals surface area contributed by atoms with Gasteiger partial charge >= 0.3 is 0 Å². The topological polar surface area (TPSA) is 91.8 Å². The molecule has 0 bridgehead atoms. The second-order valence-corrected chi connectivity index (χ2v) is 5.26. The molecule has 1 aromatic rings. The predicted octanol–water partition coefficient (Wildman–Crippen LogP) is -0.0932. The molecule has 0 aromatic carbocycles. The highest BCUT2D eigenvalue weighted by Crippen LogP contribution is 2.22. The van der Waals surface area contributed by atoms with E-state index in [-0.39, 0.29) is 35.8 Å². The molecule has 1 aromatic heterocycles. The zero-order valence-corrected chi connectivity index (χ0v) is 11.5. The summed E-state index contributed by atoms with van der Waals surface area (Å²) in [6, 6.07) is 1.02. The van der Waals surface area contributed by atoms with E-state index in [1.54, 1.807) is 0 Å². The molecule has 0 radical (unpaired) electrons. The van der Waals surface area contributed by atoms with E-state index in [0.717, 1.165) is 12.8 Å². The van der Waals surface area contributed by atoms with E-state index < -0.39 is 6.04 Å². The van der Waals surface area contributed by atoms with Crippen LogP contribution in [0.5, 0.6) is 5.75 Å². The molecule has 2 fully saturated rings. The van der Waals surface area contributed by atoms with Gasteiger partial charge in [-0.05, 0) is 18.9 Å². The second-order valence-electron chi connectivity index (χ2n) is 5.26. The molecule has 1 aliphatic carbocycles. The van der Waals surface area contributed by atoms with Gasteiger partial charge in [-0.1, -0.05) is 0 Å². The van der Waals surface area contributed by atoms with E-state index in [1.807, 2.05) is 0 Å². The molecule has 1 atom stereocenters. The van der Waals surface area contributed by atoms with Gasteiger partial charge in [0.05, 0.1) is 25.0 Å².